The molecule has 0 spiro atoms. The Labute approximate surface area is 205 Å². The maximum absolute atomic E-state index is 11.0. The molecule has 1 unspecified atom stereocenters. The lowest BCUT2D eigenvalue weighted by Gasteiger charge is -2.27. The second-order valence-electron chi connectivity index (χ2n) is 8.74. The van der Waals surface area contributed by atoms with E-state index in [2.05, 4.69) is 28.8 Å². The number of phosphoric ester groups is 1. The van der Waals surface area contributed by atoms with Gasteiger partial charge >= 0.3 is 7.82 Å². The molecule has 0 saturated heterocycles. The van der Waals surface area contributed by atoms with Gasteiger partial charge in [-0.15, -0.1) is 0 Å². The number of phosphoric acid groups is 1. The van der Waals surface area contributed by atoms with Crippen molar-refractivity contribution in [1.29, 1.82) is 0 Å². The summed E-state index contributed by atoms with van der Waals surface area (Å²) in [6.07, 6.45) is 6.51. The number of unbranched alkanes of at least 4 members (excludes halogenated alkanes) is 2. The largest absolute Gasteiger partial charge is 0.493 e. The van der Waals surface area contributed by atoms with Crippen LogP contribution in [0.25, 0.3) is 11.3 Å². The first-order chi connectivity index (χ1) is 16.8. The van der Waals surface area contributed by atoms with Crippen LogP contribution in [0.15, 0.2) is 71.3 Å². The molecule has 2 aromatic carbocycles. The lowest BCUT2D eigenvalue weighted by Crippen LogP contribution is -2.48. The SMILES string of the molecule is NC(CO)(CCc1ccc(OCCCCCc2ccccc2)c(-c2ccco2)c1)COP(=O)(O)O. The normalized spacial score (nSPS) is 13.5. The molecule has 0 bridgehead atoms. The van der Waals surface area contributed by atoms with Crippen molar-refractivity contribution in [3.63, 3.8) is 0 Å². The predicted octanol–water partition coefficient (Wildman–Crippen LogP) is 4.47. The van der Waals surface area contributed by atoms with Crippen LogP contribution in [0.2, 0.25) is 0 Å². The molecule has 3 rings (SSSR count). The van der Waals surface area contributed by atoms with Crippen molar-refractivity contribution in [2.75, 3.05) is 19.8 Å². The van der Waals surface area contributed by atoms with Gasteiger partial charge < -0.3 is 29.8 Å². The maximum atomic E-state index is 11.0. The maximum Gasteiger partial charge on any atom is 0.469 e. The van der Waals surface area contributed by atoms with E-state index >= 15 is 0 Å². The van der Waals surface area contributed by atoms with Crippen molar-refractivity contribution in [2.24, 2.45) is 5.73 Å². The molecule has 0 saturated carbocycles. The molecular formula is C26H34NO7P. The number of nitrogens with two attached hydrogens (primary N) is 1. The minimum atomic E-state index is -4.67. The highest BCUT2D eigenvalue weighted by atomic mass is 31.2. The molecule has 8 nitrogen and oxygen atoms in total. The van der Waals surface area contributed by atoms with Gasteiger partial charge in [-0.2, -0.15) is 0 Å². The quantitative estimate of drug-likeness (QED) is 0.176. The van der Waals surface area contributed by atoms with E-state index in [0.717, 1.165) is 42.6 Å². The highest BCUT2D eigenvalue weighted by Gasteiger charge is 2.28. The summed E-state index contributed by atoms with van der Waals surface area (Å²) in [6.45, 7) is -0.328. The van der Waals surface area contributed by atoms with Gasteiger partial charge in [0, 0.05) is 0 Å². The Bertz CT molecular complexity index is 1070. The second kappa shape index (κ2) is 13.0. The van der Waals surface area contributed by atoms with E-state index in [1.807, 2.05) is 36.4 Å². The summed E-state index contributed by atoms with van der Waals surface area (Å²) in [6, 6.07) is 19.9. The van der Waals surface area contributed by atoms with Crippen molar-refractivity contribution in [2.45, 2.75) is 44.1 Å². The van der Waals surface area contributed by atoms with Gasteiger partial charge in [-0.3, -0.25) is 4.52 Å². The zero-order valence-corrected chi connectivity index (χ0v) is 20.6. The Balaban J connectivity index is 1.56. The monoisotopic (exact) mass is 503 g/mol. The van der Waals surface area contributed by atoms with Crippen LogP contribution < -0.4 is 10.5 Å². The number of hydrogen-bond donors (Lipinski definition) is 4. The number of furan rings is 1. The smallest absolute Gasteiger partial charge is 0.469 e. The van der Waals surface area contributed by atoms with Crippen molar-refractivity contribution in [3.8, 4) is 17.1 Å². The fourth-order valence-electron chi connectivity index (χ4n) is 3.72. The average molecular weight is 504 g/mol. The third kappa shape index (κ3) is 9.26. The molecule has 0 amide bonds. The predicted molar refractivity (Wildman–Crippen MR) is 134 cm³/mol. The van der Waals surface area contributed by atoms with Gasteiger partial charge in [0.2, 0.25) is 0 Å². The van der Waals surface area contributed by atoms with Crippen molar-refractivity contribution in [3.05, 3.63) is 78.1 Å². The molecular weight excluding hydrogens is 469 g/mol. The molecule has 9 heteroatoms. The second-order valence-corrected chi connectivity index (χ2v) is 9.98. The zero-order valence-electron chi connectivity index (χ0n) is 19.7. The Morgan fingerprint density at radius 1 is 0.943 bits per heavy atom. The third-order valence-electron chi connectivity index (χ3n) is 5.79. The van der Waals surface area contributed by atoms with Gasteiger partial charge in [-0.05, 0) is 73.9 Å². The highest BCUT2D eigenvalue weighted by molar-refractivity contribution is 7.46. The fourth-order valence-corrected chi connectivity index (χ4v) is 4.15. The van der Waals surface area contributed by atoms with Crippen LogP contribution in [-0.4, -0.2) is 40.3 Å². The first-order valence-electron chi connectivity index (χ1n) is 11.7. The fraction of sp³-hybridized carbons (Fsp3) is 0.385. The summed E-state index contributed by atoms with van der Waals surface area (Å²) in [5, 5.41) is 9.64. The first kappa shape index (κ1) is 27.1. The summed E-state index contributed by atoms with van der Waals surface area (Å²) in [4.78, 5) is 17.9. The van der Waals surface area contributed by atoms with Gasteiger partial charge in [0.15, 0.2) is 0 Å². The van der Waals surface area contributed by atoms with E-state index in [1.165, 1.54) is 5.56 Å². The average Bonchev–Trinajstić information content (AvgIpc) is 3.39. The van der Waals surface area contributed by atoms with E-state index in [0.29, 0.717) is 18.8 Å². The van der Waals surface area contributed by atoms with E-state index in [-0.39, 0.29) is 6.42 Å². The third-order valence-corrected chi connectivity index (χ3v) is 6.25. The highest BCUT2D eigenvalue weighted by Crippen LogP contribution is 2.37. The molecule has 0 fully saturated rings. The molecule has 1 aromatic heterocycles. The lowest BCUT2D eigenvalue weighted by atomic mass is 9.93. The van der Waals surface area contributed by atoms with E-state index in [1.54, 1.807) is 6.26 Å². The molecule has 0 aliphatic heterocycles. The van der Waals surface area contributed by atoms with Crippen LogP contribution >= 0.6 is 7.82 Å². The molecule has 35 heavy (non-hydrogen) atoms. The topological polar surface area (TPSA) is 135 Å². The molecule has 5 N–H and O–H groups in total. The Hall–Kier alpha value is -2.45. The van der Waals surface area contributed by atoms with Gasteiger partial charge in [0.1, 0.15) is 11.5 Å². The molecule has 3 aromatic rings. The van der Waals surface area contributed by atoms with Crippen LogP contribution in [0.5, 0.6) is 5.75 Å². The number of ether oxygens (including phenoxy) is 1. The first-order valence-corrected chi connectivity index (χ1v) is 13.2. The summed E-state index contributed by atoms with van der Waals surface area (Å²) in [5.74, 6) is 1.40. The number of aryl methyl sites for hydroxylation is 2. The number of hydrogen-bond acceptors (Lipinski definition) is 6. The van der Waals surface area contributed by atoms with Crippen LogP contribution in [0, 0.1) is 0 Å². The van der Waals surface area contributed by atoms with Crippen LogP contribution in [0.4, 0.5) is 0 Å². The molecule has 0 aliphatic carbocycles. The van der Waals surface area contributed by atoms with Gasteiger partial charge in [-0.25, -0.2) is 4.57 Å². The zero-order chi connectivity index (χ0) is 25.2. The Kier molecular flexibility index (Phi) is 10.1. The van der Waals surface area contributed by atoms with Crippen molar-refractivity contribution >= 4 is 7.82 Å². The Morgan fingerprint density at radius 3 is 2.43 bits per heavy atom. The number of benzene rings is 2. The molecule has 1 heterocycles. The number of aliphatic hydroxyl groups is 1. The molecule has 1 atom stereocenters. The van der Waals surface area contributed by atoms with E-state index < -0.39 is 26.6 Å². The summed E-state index contributed by atoms with van der Waals surface area (Å²) in [7, 11) is -4.67. The number of aliphatic hydroxyl groups excluding tert-OH is 1. The van der Waals surface area contributed by atoms with Gasteiger partial charge in [-0.1, -0.05) is 36.4 Å². The van der Waals surface area contributed by atoms with Crippen LogP contribution in [0.1, 0.15) is 36.8 Å². The molecule has 0 radical (unpaired) electrons. The molecule has 0 aliphatic rings. The summed E-state index contributed by atoms with van der Waals surface area (Å²) >= 11 is 0. The summed E-state index contributed by atoms with van der Waals surface area (Å²) in [5.41, 5.74) is 7.90. The van der Waals surface area contributed by atoms with Crippen LogP contribution in [0.3, 0.4) is 0 Å². The Morgan fingerprint density at radius 2 is 1.74 bits per heavy atom. The minimum Gasteiger partial charge on any atom is -0.493 e. The van der Waals surface area contributed by atoms with Crippen molar-refractivity contribution < 1.29 is 33.1 Å². The van der Waals surface area contributed by atoms with Gasteiger partial charge in [0.05, 0.1) is 37.2 Å². The lowest BCUT2D eigenvalue weighted by molar-refractivity contribution is 0.102. The van der Waals surface area contributed by atoms with E-state index in [4.69, 9.17) is 24.7 Å². The molecule has 190 valence electrons. The standard InChI is InChI=1S/C26H34NO7P/c27-26(19-28,20-34-35(29,30)31)15-14-22-12-13-25(23(18-22)24-11-7-17-33-24)32-16-6-2-5-10-21-8-3-1-4-9-21/h1,3-4,7-9,11-13,17-18,28H,2,5-6,10,14-16,19-20,27H2,(H2,29,30,31). The van der Waals surface area contributed by atoms with Crippen molar-refractivity contribution in [1.82, 2.24) is 0 Å². The van der Waals surface area contributed by atoms with Crippen LogP contribution in [-0.2, 0) is 21.9 Å². The van der Waals surface area contributed by atoms with Gasteiger partial charge in [0.25, 0.3) is 0 Å². The minimum absolute atomic E-state index is 0.267. The number of rotatable bonds is 15. The van der Waals surface area contributed by atoms with E-state index in [9.17, 15) is 9.67 Å². The summed E-state index contributed by atoms with van der Waals surface area (Å²) < 4.78 is 27.2.